The predicted octanol–water partition coefficient (Wildman–Crippen LogP) is 3.53. The van der Waals surface area contributed by atoms with Crippen molar-refractivity contribution in [3.8, 4) is 0 Å². The standard InChI is InChI=1S/C20H23N3O2/c24-19(16-6-2-1-3-7-16)22-14-15-5-4-8-17(13-15)20(25)23-18-9-11-21-12-10-18/h4-5,8-13,16H,1-3,6-7,14H2,(H,22,24)(H,21,23,25). The van der Waals surface area contributed by atoms with Crippen LogP contribution in [0.5, 0.6) is 0 Å². The maximum absolute atomic E-state index is 12.3. The number of carbonyl (C=O) groups is 2. The van der Waals surface area contributed by atoms with E-state index in [1.807, 2.05) is 18.2 Å². The Morgan fingerprint density at radius 1 is 1.04 bits per heavy atom. The molecule has 2 N–H and O–H groups in total. The highest BCUT2D eigenvalue weighted by Gasteiger charge is 2.20. The minimum Gasteiger partial charge on any atom is -0.352 e. The Kier molecular flexibility index (Phi) is 5.77. The van der Waals surface area contributed by atoms with Crippen molar-refractivity contribution >= 4 is 17.5 Å². The van der Waals surface area contributed by atoms with E-state index in [2.05, 4.69) is 15.6 Å². The average molecular weight is 337 g/mol. The van der Waals surface area contributed by atoms with E-state index in [4.69, 9.17) is 0 Å². The fraction of sp³-hybridized carbons (Fsp3) is 0.350. The fourth-order valence-electron chi connectivity index (χ4n) is 3.16. The lowest BCUT2D eigenvalue weighted by molar-refractivity contribution is -0.126. The summed E-state index contributed by atoms with van der Waals surface area (Å²) < 4.78 is 0. The monoisotopic (exact) mass is 337 g/mol. The van der Waals surface area contributed by atoms with Gasteiger partial charge < -0.3 is 10.6 Å². The molecule has 0 spiro atoms. The van der Waals surface area contributed by atoms with Gasteiger partial charge in [0.25, 0.3) is 5.91 Å². The molecule has 1 saturated carbocycles. The van der Waals surface area contributed by atoms with Crippen LogP contribution in [0.4, 0.5) is 5.69 Å². The number of hydrogen-bond donors (Lipinski definition) is 2. The number of nitrogens with zero attached hydrogens (tertiary/aromatic N) is 1. The molecule has 0 radical (unpaired) electrons. The van der Waals surface area contributed by atoms with Crippen LogP contribution in [0, 0.1) is 5.92 Å². The van der Waals surface area contributed by atoms with Crippen molar-refractivity contribution in [3.63, 3.8) is 0 Å². The highest BCUT2D eigenvalue weighted by molar-refractivity contribution is 6.04. The first kappa shape index (κ1) is 17.1. The van der Waals surface area contributed by atoms with Gasteiger partial charge in [-0.05, 0) is 42.7 Å². The van der Waals surface area contributed by atoms with Crippen molar-refractivity contribution in [2.24, 2.45) is 5.92 Å². The molecule has 1 aromatic heterocycles. The molecule has 1 heterocycles. The van der Waals surface area contributed by atoms with Gasteiger partial charge in [-0.2, -0.15) is 0 Å². The minimum atomic E-state index is -0.174. The van der Waals surface area contributed by atoms with Crippen molar-refractivity contribution in [2.45, 2.75) is 38.6 Å². The van der Waals surface area contributed by atoms with Gasteiger partial charge in [0.1, 0.15) is 0 Å². The van der Waals surface area contributed by atoms with Crippen LogP contribution in [0.2, 0.25) is 0 Å². The van der Waals surface area contributed by atoms with Crippen LogP contribution < -0.4 is 10.6 Å². The van der Waals surface area contributed by atoms with Crippen LogP contribution in [-0.2, 0) is 11.3 Å². The summed E-state index contributed by atoms with van der Waals surface area (Å²) in [5.41, 5.74) is 2.20. The SMILES string of the molecule is O=C(Nc1ccncc1)c1cccc(CNC(=O)C2CCCCC2)c1. The maximum Gasteiger partial charge on any atom is 0.255 e. The van der Waals surface area contributed by atoms with E-state index in [1.165, 1.54) is 6.42 Å². The van der Waals surface area contributed by atoms with Crippen LogP contribution in [-0.4, -0.2) is 16.8 Å². The summed E-state index contributed by atoms with van der Waals surface area (Å²) in [7, 11) is 0. The zero-order chi connectivity index (χ0) is 17.5. The van der Waals surface area contributed by atoms with Crippen LogP contribution in [0.3, 0.4) is 0 Å². The van der Waals surface area contributed by atoms with E-state index in [9.17, 15) is 9.59 Å². The molecule has 5 heteroatoms. The Bertz CT molecular complexity index is 725. The second kappa shape index (κ2) is 8.42. The van der Waals surface area contributed by atoms with Gasteiger partial charge in [0, 0.05) is 36.1 Å². The Balaban J connectivity index is 1.57. The normalized spacial score (nSPS) is 14.7. The number of carbonyl (C=O) groups excluding carboxylic acids is 2. The third-order valence-electron chi connectivity index (χ3n) is 4.57. The third-order valence-corrected chi connectivity index (χ3v) is 4.57. The van der Waals surface area contributed by atoms with Gasteiger partial charge in [0.2, 0.25) is 5.91 Å². The summed E-state index contributed by atoms with van der Waals surface area (Å²) >= 11 is 0. The van der Waals surface area contributed by atoms with Gasteiger partial charge in [0.15, 0.2) is 0 Å². The summed E-state index contributed by atoms with van der Waals surface area (Å²) in [4.78, 5) is 28.5. The van der Waals surface area contributed by atoms with Crippen molar-refractivity contribution in [1.82, 2.24) is 10.3 Å². The summed E-state index contributed by atoms with van der Waals surface area (Å²) in [6, 6.07) is 10.8. The number of benzene rings is 1. The molecule has 5 nitrogen and oxygen atoms in total. The highest BCUT2D eigenvalue weighted by atomic mass is 16.2. The molecule has 3 rings (SSSR count). The van der Waals surface area contributed by atoms with Gasteiger partial charge in [-0.1, -0.05) is 31.4 Å². The first-order chi connectivity index (χ1) is 12.2. The Labute approximate surface area is 147 Å². The Morgan fingerprint density at radius 2 is 1.80 bits per heavy atom. The molecule has 1 aliphatic carbocycles. The molecule has 0 aliphatic heterocycles. The van der Waals surface area contributed by atoms with E-state index in [0.717, 1.165) is 31.2 Å². The molecule has 1 aliphatic rings. The van der Waals surface area contributed by atoms with Gasteiger partial charge in [0.05, 0.1) is 0 Å². The molecule has 130 valence electrons. The van der Waals surface area contributed by atoms with E-state index in [1.54, 1.807) is 30.6 Å². The molecule has 25 heavy (non-hydrogen) atoms. The van der Waals surface area contributed by atoms with E-state index < -0.39 is 0 Å². The van der Waals surface area contributed by atoms with E-state index in [0.29, 0.717) is 17.8 Å². The van der Waals surface area contributed by atoms with Gasteiger partial charge in [-0.3, -0.25) is 14.6 Å². The number of amides is 2. The lowest BCUT2D eigenvalue weighted by Crippen LogP contribution is -2.31. The molecular formula is C20H23N3O2. The smallest absolute Gasteiger partial charge is 0.255 e. The maximum atomic E-state index is 12.3. The number of hydrogen-bond acceptors (Lipinski definition) is 3. The molecule has 0 unspecified atom stereocenters. The summed E-state index contributed by atoms with van der Waals surface area (Å²) in [5, 5.41) is 5.84. The second-order valence-corrected chi connectivity index (χ2v) is 6.44. The van der Waals surface area contributed by atoms with Crippen LogP contribution in [0.1, 0.15) is 48.0 Å². The third kappa shape index (κ3) is 4.89. The number of nitrogens with one attached hydrogen (secondary N) is 2. The molecule has 2 aromatic rings. The summed E-state index contributed by atoms with van der Waals surface area (Å²) in [6.45, 7) is 0.450. The fourth-order valence-corrected chi connectivity index (χ4v) is 3.16. The van der Waals surface area contributed by atoms with Gasteiger partial charge in [-0.15, -0.1) is 0 Å². The molecule has 1 fully saturated rings. The first-order valence-corrected chi connectivity index (χ1v) is 8.80. The molecule has 0 atom stereocenters. The zero-order valence-electron chi connectivity index (χ0n) is 14.2. The Hall–Kier alpha value is -2.69. The summed E-state index contributed by atoms with van der Waals surface area (Å²) in [6.07, 6.45) is 8.75. The number of anilines is 1. The Morgan fingerprint density at radius 3 is 2.56 bits per heavy atom. The van der Waals surface area contributed by atoms with Crippen molar-refractivity contribution in [1.29, 1.82) is 0 Å². The van der Waals surface area contributed by atoms with Gasteiger partial charge in [-0.25, -0.2) is 0 Å². The quantitative estimate of drug-likeness (QED) is 0.877. The number of pyridine rings is 1. The first-order valence-electron chi connectivity index (χ1n) is 8.80. The topological polar surface area (TPSA) is 71.1 Å². The molecular weight excluding hydrogens is 314 g/mol. The predicted molar refractivity (Wildman–Crippen MR) is 97.1 cm³/mol. The van der Waals surface area contributed by atoms with E-state index >= 15 is 0 Å². The van der Waals surface area contributed by atoms with Crippen LogP contribution in [0.15, 0.2) is 48.8 Å². The molecule has 0 saturated heterocycles. The molecule has 0 bridgehead atoms. The average Bonchev–Trinajstić information content (AvgIpc) is 2.68. The van der Waals surface area contributed by atoms with Crippen molar-refractivity contribution in [3.05, 3.63) is 59.9 Å². The lowest BCUT2D eigenvalue weighted by atomic mass is 9.88. The van der Waals surface area contributed by atoms with Crippen LogP contribution >= 0.6 is 0 Å². The van der Waals surface area contributed by atoms with E-state index in [-0.39, 0.29) is 17.7 Å². The largest absolute Gasteiger partial charge is 0.352 e. The van der Waals surface area contributed by atoms with Gasteiger partial charge >= 0.3 is 0 Å². The molecule has 1 aromatic carbocycles. The summed E-state index contributed by atoms with van der Waals surface area (Å²) in [5.74, 6) is 0.102. The van der Waals surface area contributed by atoms with Crippen molar-refractivity contribution in [2.75, 3.05) is 5.32 Å². The number of aromatic nitrogens is 1. The lowest BCUT2D eigenvalue weighted by Gasteiger charge is -2.20. The minimum absolute atomic E-state index is 0.131. The van der Waals surface area contributed by atoms with Crippen molar-refractivity contribution < 1.29 is 9.59 Å². The van der Waals surface area contributed by atoms with Crippen LogP contribution in [0.25, 0.3) is 0 Å². The zero-order valence-corrected chi connectivity index (χ0v) is 14.2. The molecule has 2 amide bonds. The number of rotatable bonds is 5. The second-order valence-electron chi connectivity index (χ2n) is 6.44. The highest BCUT2D eigenvalue weighted by Crippen LogP contribution is 2.23.